The number of aromatic nitrogens is 2. The molecule has 0 saturated heterocycles. The van der Waals surface area contributed by atoms with Crippen LogP contribution in [0.1, 0.15) is 18.1 Å². The highest BCUT2D eigenvalue weighted by Crippen LogP contribution is 2.20. The summed E-state index contributed by atoms with van der Waals surface area (Å²) < 4.78 is 18.9. The van der Waals surface area contributed by atoms with Crippen LogP contribution in [0.2, 0.25) is 0 Å². The molecule has 2 aromatic carbocycles. The Morgan fingerprint density at radius 1 is 1.32 bits per heavy atom. The second-order valence-electron chi connectivity index (χ2n) is 5.88. The van der Waals surface area contributed by atoms with E-state index in [1.807, 2.05) is 18.2 Å². The highest BCUT2D eigenvalue weighted by atomic mass is 19.1. The van der Waals surface area contributed by atoms with Crippen LogP contribution in [0.3, 0.4) is 0 Å². The van der Waals surface area contributed by atoms with Gasteiger partial charge >= 0.3 is 0 Å². The molecule has 1 aromatic heterocycles. The van der Waals surface area contributed by atoms with Crippen molar-refractivity contribution < 1.29 is 13.9 Å². The summed E-state index contributed by atoms with van der Waals surface area (Å²) in [5.41, 5.74) is 2.66. The summed E-state index contributed by atoms with van der Waals surface area (Å²) in [6, 6.07) is 10.4. The Balaban J connectivity index is 1.71. The minimum absolute atomic E-state index is 0.0504. The number of likely N-dealkylation sites (N-methyl/N-ethyl adjacent to an activating group) is 1. The standard InChI is InChI=1S/C19H20FN3O2/c1-3-25-17-9-13(7-8-16(17)20)10-18(24)23(2)12-15-6-4-5-14-11-21-22-19(14)15/h4-9,11H,3,10,12H2,1-2H3,(H,21,22). The van der Waals surface area contributed by atoms with E-state index in [1.165, 1.54) is 6.07 Å². The molecule has 1 heterocycles. The van der Waals surface area contributed by atoms with Crippen molar-refractivity contribution in [2.24, 2.45) is 0 Å². The second kappa shape index (κ2) is 7.34. The third-order valence-corrected chi connectivity index (χ3v) is 4.05. The number of carbonyl (C=O) groups excluding carboxylic acids is 1. The van der Waals surface area contributed by atoms with E-state index >= 15 is 0 Å². The molecule has 0 aliphatic heterocycles. The van der Waals surface area contributed by atoms with Crippen molar-refractivity contribution in [2.75, 3.05) is 13.7 Å². The van der Waals surface area contributed by atoms with Gasteiger partial charge in [0.25, 0.3) is 0 Å². The average Bonchev–Trinajstić information content (AvgIpc) is 3.08. The summed E-state index contributed by atoms with van der Waals surface area (Å²) in [6.07, 6.45) is 1.95. The number of amides is 1. The summed E-state index contributed by atoms with van der Waals surface area (Å²) in [5.74, 6) is -0.291. The number of rotatable bonds is 6. The molecule has 0 fully saturated rings. The van der Waals surface area contributed by atoms with Gasteiger partial charge < -0.3 is 9.64 Å². The molecule has 25 heavy (non-hydrogen) atoms. The van der Waals surface area contributed by atoms with Gasteiger partial charge in [-0.15, -0.1) is 0 Å². The highest BCUT2D eigenvalue weighted by molar-refractivity contribution is 5.82. The third kappa shape index (κ3) is 3.79. The summed E-state index contributed by atoms with van der Waals surface area (Å²) >= 11 is 0. The number of nitrogens with zero attached hydrogens (tertiary/aromatic N) is 2. The molecule has 3 aromatic rings. The molecule has 1 N–H and O–H groups in total. The van der Waals surface area contributed by atoms with Crippen molar-refractivity contribution >= 4 is 16.8 Å². The molecule has 0 aliphatic carbocycles. The van der Waals surface area contributed by atoms with E-state index < -0.39 is 5.82 Å². The van der Waals surface area contributed by atoms with Gasteiger partial charge in [-0.3, -0.25) is 9.89 Å². The maximum Gasteiger partial charge on any atom is 0.227 e. The maximum absolute atomic E-state index is 13.6. The molecule has 3 rings (SSSR count). The van der Waals surface area contributed by atoms with Crippen molar-refractivity contribution in [3.05, 3.63) is 59.5 Å². The van der Waals surface area contributed by atoms with Crippen molar-refractivity contribution in [1.82, 2.24) is 15.1 Å². The van der Waals surface area contributed by atoms with Gasteiger partial charge in [0, 0.05) is 19.0 Å². The smallest absolute Gasteiger partial charge is 0.227 e. The Morgan fingerprint density at radius 2 is 2.16 bits per heavy atom. The summed E-state index contributed by atoms with van der Waals surface area (Å²) in [6.45, 7) is 2.64. The zero-order valence-corrected chi connectivity index (χ0v) is 14.3. The molecule has 0 atom stereocenters. The van der Waals surface area contributed by atoms with Gasteiger partial charge in [-0.25, -0.2) is 4.39 Å². The lowest BCUT2D eigenvalue weighted by atomic mass is 10.1. The van der Waals surface area contributed by atoms with E-state index in [9.17, 15) is 9.18 Å². The number of halogens is 1. The molecule has 0 saturated carbocycles. The van der Waals surface area contributed by atoms with Crippen LogP contribution in [0, 0.1) is 5.82 Å². The topological polar surface area (TPSA) is 58.2 Å². The van der Waals surface area contributed by atoms with Crippen LogP contribution < -0.4 is 4.74 Å². The minimum Gasteiger partial charge on any atom is -0.491 e. The summed E-state index contributed by atoms with van der Waals surface area (Å²) in [7, 11) is 1.75. The average molecular weight is 341 g/mol. The fraction of sp³-hybridized carbons (Fsp3) is 0.263. The first-order valence-electron chi connectivity index (χ1n) is 8.14. The van der Waals surface area contributed by atoms with E-state index in [1.54, 1.807) is 37.2 Å². The molecule has 0 bridgehead atoms. The Bertz CT molecular complexity index is 891. The lowest BCUT2D eigenvalue weighted by Crippen LogP contribution is -2.27. The summed E-state index contributed by atoms with van der Waals surface area (Å²) in [5, 5.41) is 8.02. The van der Waals surface area contributed by atoms with Gasteiger partial charge in [0.1, 0.15) is 0 Å². The largest absolute Gasteiger partial charge is 0.491 e. The Morgan fingerprint density at radius 3 is 2.96 bits per heavy atom. The van der Waals surface area contributed by atoms with E-state index in [2.05, 4.69) is 10.2 Å². The summed E-state index contributed by atoms with van der Waals surface area (Å²) in [4.78, 5) is 14.2. The second-order valence-corrected chi connectivity index (χ2v) is 5.88. The first kappa shape index (κ1) is 17.0. The zero-order valence-electron chi connectivity index (χ0n) is 14.3. The fourth-order valence-corrected chi connectivity index (χ4v) is 2.74. The molecular formula is C19H20FN3O2. The maximum atomic E-state index is 13.6. The van der Waals surface area contributed by atoms with Gasteiger partial charge in [-0.1, -0.05) is 24.3 Å². The predicted molar refractivity (Wildman–Crippen MR) is 93.8 cm³/mol. The van der Waals surface area contributed by atoms with Crippen LogP contribution in [-0.4, -0.2) is 34.7 Å². The van der Waals surface area contributed by atoms with Gasteiger partial charge in [0.05, 0.1) is 24.7 Å². The van der Waals surface area contributed by atoms with Crippen LogP contribution in [-0.2, 0) is 17.8 Å². The number of para-hydroxylation sites is 1. The number of hydrogen-bond acceptors (Lipinski definition) is 3. The molecule has 5 nitrogen and oxygen atoms in total. The number of aromatic amines is 1. The van der Waals surface area contributed by atoms with Crippen LogP contribution in [0.15, 0.2) is 42.6 Å². The fourth-order valence-electron chi connectivity index (χ4n) is 2.74. The lowest BCUT2D eigenvalue weighted by Gasteiger charge is -2.18. The van der Waals surface area contributed by atoms with E-state index in [0.29, 0.717) is 13.2 Å². The van der Waals surface area contributed by atoms with E-state index in [4.69, 9.17) is 4.74 Å². The molecule has 130 valence electrons. The quantitative estimate of drug-likeness (QED) is 0.748. The first-order valence-corrected chi connectivity index (χ1v) is 8.14. The SMILES string of the molecule is CCOc1cc(CC(=O)N(C)Cc2cccc3cn[nH]c23)ccc1F. The van der Waals surface area contributed by atoms with E-state index in [0.717, 1.165) is 22.0 Å². The number of carbonyl (C=O) groups is 1. The molecule has 0 radical (unpaired) electrons. The van der Waals surface area contributed by atoms with Gasteiger partial charge in [0.2, 0.25) is 5.91 Å². The third-order valence-electron chi connectivity index (χ3n) is 4.05. The van der Waals surface area contributed by atoms with Crippen LogP contribution in [0.25, 0.3) is 10.9 Å². The number of H-pyrrole nitrogens is 1. The predicted octanol–water partition coefficient (Wildman–Crippen LogP) is 3.30. The molecule has 1 amide bonds. The van der Waals surface area contributed by atoms with Crippen molar-refractivity contribution in [3.63, 3.8) is 0 Å². The Hall–Kier alpha value is -2.89. The number of benzene rings is 2. The van der Waals surface area contributed by atoms with Crippen LogP contribution in [0.4, 0.5) is 4.39 Å². The number of ether oxygens (including phenoxy) is 1. The highest BCUT2D eigenvalue weighted by Gasteiger charge is 2.14. The van der Waals surface area contributed by atoms with E-state index in [-0.39, 0.29) is 18.1 Å². The number of nitrogens with one attached hydrogen (secondary N) is 1. The van der Waals surface area contributed by atoms with Crippen molar-refractivity contribution in [2.45, 2.75) is 19.9 Å². The molecule has 6 heteroatoms. The molecule has 0 unspecified atom stereocenters. The Kier molecular flexibility index (Phi) is 4.97. The molecule has 0 aliphatic rings. The van der Waals surface area contributed by atoms with Gasteiger partial charge in [-0.2, -0.15) is 5.10 Å². The van der Waals surface area contributed by atoms with Gasteiger partial charge in [0.15, 0.2) is 11.6 Å². The van der Waals surface area contributed by atoms with Crippen LogP contribution in [0.5, 0.6) is 5.75 Å². The lowest BCUT2D eigenvalue weighted by molar-refractivity contribution is -0.129. The normalized spacial score (nSPS) is 10.8. The van der Waals surface area contributed by atoms with Crippen molar-refractivity contribution in [3.8, 4) is 5.75 Å². The van der Waals surface area contributed by atoms with Crippen LogP contribution >= 0.6 is 0 Å². The molecular weight excluding hydrogens is 321 g/mol. The minimum atomic E-state index is -0.419. The zero-order chi connectivity index (χ0) is 17.8. The number of fused-ring (bicyclic) bond motifs is 1. The van der Waals surface area contributed by atoms with Crippen molar-refractivity contribution in [1.29, 1.82) is 0 Å². The van der Waals surface area contributed by atoms with Gasteiger partial charge in [-0.05, 0) is 30.2 Å². The first-order chi connectivity index (χ1) is 12.1. The molecule has 0 spiro atoms. The Labute approximate surface area is 145 Å². The monoisotopic (exact) mass is 341 g/mol. The number of hydrogen-bond donors (Lipinski definition) is 1.